The maximum atomic E-state index is 11.7. The summed E-state index contributed by atoms with van der Waals surface area (Å²) in [5.74, 6) is -1.02. The summed E-state index contributed by atoms with van der Waals surface area (Å²) in [7, 11) is 1.52. The zero-order chi connectivity index (χ0) is 10.6. The molecule has 0 fully saturated rings. The largest absolute Gasteiger partial charge is 0.359 e. The fourth-order valence-electron chi connectivity index (χ4n) is 1.19. The summed E-state index contributed by atoms with van der Waals surface area (Å²) in [6.07, 6.45) is 0. The molecule has 1 N–H and O–H groups in total. The molecule has 0 unspecified atom stereocenters. The molecule has 0 saturated heterocycles. The van der Waals surface area contributed by atoms with Crippen LogP contribution in [0.4, 0.5) is 0 Å². The van der Waals surface area contributed by atoms with E-state index in [4.69, 9.17) is 0 Å². The van der Waals surface area contributed by atoms with Crippen LogP contribution < -0.4 is 5.32 Å². The number of hydrogen-bond donors (Lipinski definition) is 1. The summed E-state index contributed by atoms with van der Waals surface area (Å²) in [6.45, 7) is 1.61. The van der Waals surface area contributed by atoms with Gasteiger partial charge < -0.3 is 5.32 Å². The first-order valence-corrected chi connectivity index (χ1v) is 4.47. The highest BCUT2D eigenvalue weighted by atomic mass is 16.2. The van der Waals surface area contributed by atoms with Crippen molar-refractivity contribution in [2.24, 2.45) is 5.92 Å². The van der Waals surface area contributed by atoms with Crippen molar-refractivity contribution >= 4 is 11.7 Å². The van der Waals surface area contributed by atoms with Crippen LogP contribution in [0, 0.1) is 5.92 Å². The van der Waals surface area contributed by atoms with Gasteiger partial charge in [-0.2, -0.15) is 0 Å². The number of ketones is 1. The van der Waals surface area contributed by atoms with Crippen molar-refractivity contribution in [2.45, 2.75) is 6.92 Å². The van der Waals surface area contributed by atoms with Gasteiger partial charge in [0.2, 0.25) is 5.91 Å². The van der Waals surface area contributed by atoms with E-state index in [-0.39, 0.29) is 11.7 Å². The van der Waals surface area contributed by atoms with Gasteiger partial charge >= 0.3 is 0 Å². The van der Waals surface area contributed by atoms with E-state index in [1.165, 1.54) is 7.05 Å². The van der Waals surface area contributed by atoms with Crippen molar-refractivity contribution in [1.29, 1.82) is 0 Å². The van der Waals surface area contributed by atoms with Crippen LogP contribution in [0.3, 0.4) is 0 Å². The Kier molecular flexibility index (Phi) is 3.40. The number of rotatable bonds is 3. The van der Waals surface area contributed by atoms with E-state index in [9.17, 15) is 9.59 Å². The molecule has 3 heteroatoms. The summed E-state index contributed by atoms with van der Waals surface area (Å²) < 4.78 is 0. The molecule has 0 aromatic heterocycles. The monoisotopic (exact) mass is 191 g/mol. The van der Waals surface area contributed by atoms with Crippen molar-refractivity contribution in [2.75, 3.05) is 7.05 Å². The zero-order valence-corrected chi connectivity index (χ0v) is 8.28. The molecule has 0 radical (unpaired) electrons. The predicted molar refractivity (Wildman–Crippen MR) is 54.0 cm³/mol. The fourth-order valence-corrected chi connectivity index (χ4v) is 1.19. The molecule has 0 aliphatic carbocycles. The molecule has 1 atom stereocenters. The minimum atomic E-state index is -0.623. The second kappa shape index (κ2) is 4.56. The first-order chi connectivity index (χ1) is 6.66. The Balaban J connectivity index is 2.81. The number of carbonyl (C=O) groups excluding carboxylic acids is 2. The van der Waals surface area contributed by atoms with Crippen molar-refractivity contribution < 1.29 is 9.59 Å². The highest BCUT2D eigenvalue weighted by Crippen LogP contribution is 2.08. The molecule has 14 heavy (non-hydrogen) atoms. The molecular formula is C11H13NO2. The third-order valence-electron chi connectivity index (χ3n) is 2.09. The Morgan fingerprint density at radius 2 is 1.79 bits per heavy atom. The van der Waals surface area contributed by atoms with Gasteiger partial charge in [0.15, 0.2) is 5.78 Å². The highest BCUT2D eigenvalue weighted by molar-refractivity contribution is 6.09. The third kappa shape index (κ3) is 2.19. The van der Waals surface area contributed by atoms with Crippen molar-refractivity contribution in [3.05, 3.63) is 35.9 Å². The van der Waals surface area contributed by atoms with E-state index in [0.29, 0.717) is 5.56 Å². The van der Waals surface area contributed by atoms with Crippen LogP contribution in [0.15, 0.2) is 30.3 Å². The van der Waals surface area contributed by atoms with Gasteiger partial charge in [-0.15, -0.1) is 0 Å². The topological polar surface area (TPSA) is 46.2 Å². The number of hydrogen-bond acceptors (Lipinski definition) is 2. The van der Waals surface area contributed by atoms with E-state index in [0.717, 1.165) is 0 Å². The molecular weight excluding hydrogens is 178 g/mol. The summed E-state index contributed by atoms with van der Waals surface area (Å²) in [6, 6.07) is 8.82. The molecule has 0 spiro atoms. The quantitative estimate of drug-likeness (QED) is 0.577. The number of amides is 1. The van der Waals surface area contributed by atoms with Gasteiger partial charge in [0.05, 0.1) is 5.92 Å². The molecule has 1 rings (SSSR count). The lowest BCUT2D eigenvalue weighted by Crippen LogP contribution is -2.30. The van der Waals surface area contributed by atoms with Crippen LogP contribution in [-0.2, 0) is 4.79 Å². The normalized spacial score (nSPS) is 11.9. The molecule has 0 aliphatic rings. The smallest absolute Gasteiger partial charge is 0.230 e. The molecule has 74 valence electrons. The average molecular weight is 191 g/mol. The molecule has 3 nitrogen and oxygen atoms in total. The average Bonchev–Trinajstić information content (AvgIpc) is 2.27. The second-order valence-corrected chi connectivity index (χ2v) is 3.07. The first kappa shape index (κ1) is 10.4. The van der Waals surface area contributed by atoms with Crippen LogP contribution in [0.1, 0.15) is 17.3 Å². The fraction of sp³-hybridized carbons (Fsp3) is 0.273. The Bertz CT molecular complexity index is 332. The van der Waals surface area contributed by atoms with Gasteiger partial charge in [0.1, 0.15) is 0 Å². The Labute approximate surface area is 83.1 Å². The van der Waals surface area contributed by atoms with Crippen LogP contribution in [0.2, 0.25) is 0 Å². The van der Waals surface area contributed by atoms with Gasteiger partial charge in [-0.1, -0.05) is 30.3 Å². The number of carbonyl (C=O) groups is 2. The van der Waals surface area contributed by atoms with Crippen LogP contribution in [-0.4, -0.2) is 18.7 Å². The van der Waals surface area contributed by atoms with Crippen molar-refractivity contribution in [1.82, 2.24) is 5.32 Å². The molecule has 0 saturated carbocycles. The SMILES string of the molecule is CNC(=O)[C@H](C)C(=O)c1ccccc1. The Hall–Kier alpha value is -1.64. The van der Waals surface area contributed by atoms with Crippen LogP contribution in [0.25, 0.3) is 0 Å². The lowest BCUT2D eigenvalue weighted by atomic mass is 9.99. The Morgan fingerprint density at radius 3 is 2.29 bits per heavy atom. The Morgan fingerprint density at radius 1 is 1.21 bits per heavy atom. The highest BCUT2D eigenvalue weighted by Gasteiger charge is 2.20. The summed E-state index contributed by atoms with van der Waals surface area (Å²) in [4.78, 5) is 22.9. The number of benzene rings is 1. The van der Waals surface area contributed by atoms with Crippen LogP contribution >= 0.6 is 0 Å². The number of Topliss-reactive ketones (excluding diaryl/α,β-unsaturated/α-hetero) is 1. The molecule has 0 heterocycles. The van der Waals surface area contributed by atoms with Crippen molar-refractivity contribution in [3.8, 4) is 0 Å². The lowest BCUT2D eigenvalue weighted by molar-refractivity contribution is -0.122. The predicted octanol–water partition coefficient (Wildman–Crippen LogP) is 1.25. The second-order valence-electron chi connectivity index (χ2n) is 3.07. The minimum absolute atomic E-state index is 0.148. The van der Waals surface area contributed by atoms with Gasteiger partial charge in [0, 0.05) is 12.6 Å². The van der Waals surface area contributed by atoms with Crippen LogP contribution in [0.5, 0.6) is 0 Å². The van der Waals surface area contributed by atoms with Crippen molar-refractivity contribution in [3.63, 3.8) is 0 Å². The number of nitrogens with one attached hydrogen (secondary N) is 1. The van der Waals surface area contributed by atoms with E-state index in [1.54, 1.807) is 31.2 Å². The molecule has 0 aliphatic heterocycles. The van der Waals surface area contributed by atoms with Gasteiger partial charge in [-0.05, 0) is 6.92 Å². The lowest BCUT2D eigenvalue weighted by Gasteiger charge is -2.08. The first-order valence-electron chi connectivity index (χ1n) is 4.47. The summed E-state index contributed by atoms with van der Waals surface area (Å²) in [5, 5.41) is 2.46. The van der Waals surface area contributed by atoms with Gasteiger partial charge in [-0.3, -0.25) is 9.59 Å². The van der Waals surface area contributed by atoms with E-state index < -0.39 is 5.92 Å². The summed E-state index contributed by atoms with van der Waals surface area (Å²) >= 11 is 0. The molecule has 1 amide bonds. The minimum Gasteiger partial charge on any atom is -0.359 e. The van der Waals surface area contributed by atoms with E-state index in [2.05, 4.69) is 5.32 Å². The molecule has 1 aromatic rings. The van der Waals surface area contributed by atoms with E-state index >= 15 is 0 Å². The maximum Gasteiger partial charge on any atom is 0.230 e. The maximum absolute atomic E-state index is 11.7. The molecule has 1 aromatic carbocycles. The van der Waals surface area contributed by atoms with Gasteiger partial charge in [-0.25, -0.2) is 0 Å². The zero-order valence-electron chi connectivity index (χ0n) is 8.28. The summed E-state index contributed by atoms with van der Waals surface area (Å²) in [5.41, 5.74) is 0.573. The third-order valence-corrected chi connectivity index (χ3v) is 2.09. The van der Waals surface area contributed by atoms with E-state index in [1.807, 2.05) is 6.07 Å². The molecule has 0 bridgehead atoms. The van der Waals surface area contributed by atoms with Gasteiger partial charge in [0.25, 0.3) is 0 Å². The standard InChI is InChI=1S/C11H13NO2/c1-8(11(14)12-2)10(13)9-6-4-3-5-7-9/h3-8H,1-2H3,(H,12,14)/t8-/m1/s1.